The highest BCUT2D eigenvalue weighted by molar-refractivity contribution is 7.98. The molecule has 0 aliphatic rings. The minimum Gasteiger partial charge on any atom is -0.360 e. The Bertz CT molecular complexity index is 1150. The summed E-state index contributed by atoms with van der Waals surface area (Å²) in [6.45, 7) is 3.90. The van der Waals surface area contributed by atoms with Gasteiger partial charge in [-0.25, -0.2) is 0 Å². The molecule has 3 aromatic carbocycles. The van der Waals surface area contributed by atoms with E-state index in [-0.39, 0.29) is 11.9 Å². The summed E-state index contributed by atoms with van der Waals surface area (Å²) in [4.78, 5) is 13.9. The molecule has 156 valence electrons. The van der Waals surface area contributed by atoms with E-state index in [1.54, 1.807) is 11.8 Å². The van der Waals surface area contributed by atoms with Crippen LogP contribution in [-0.2, 0) is 5.75 Å². The number of aromatic nitrogens is 1. The summed E-state index contributed by atoms with van der Waals surface area (Å²) >= 11 is 1.57. The molecule has 5 heteroatoms. The van der Waals surface area contributed by atoms with Crippen molar-refractivity contribution in [2.45, 2.75) is 30.5 Å². The van der Waals surface area contributed by atoms with Crippen molar-refractivity contribution in [3.63, 3.8) is 0 Å². The fourth-order valence-electron chi connectivity index (χ4n) is 3.37. The third kappa shape index (κ3) is 5.25. The second kappa shape index (κ2) is 9.67. The third-order valence-electron chi connectivity index (χ3n) is 5.04. The van der Waals surface area contributed by atoms with Crippen molar-refractivity contribution in [2.24, 2.45) is 0 Å². The number of carbonyl (C=O) groups is 1. The van der Waals surface area contributed by atoms with Crippen molar-refractivity contribution in [3.05, 3.63) is 108 Å². The number of amides is 1. The van der Waals surface area contributed by atoms with Crippen molar-refractivity contribution in [1.29, 1.82) is 0 Å². The van der Waals surface area contributed by atoms with Crippen LogP contribution in [0.3, 0.4) is 0 Å². The van der Waals surface area contributed by atoms with E-state index >= 15 is 0 Å². The first-order valence-corrected chi connectivity index (χ1v) is 11.2. The third-order valence-corrected chi connectivity index (χ3v) is 6.14. The number of hydrogen-bond acceptors (Lipinski definition) is 4. The summed E-state index contributed by atoms with van der Waals surface area (Å²) in [7, 11) is 0. The summed E-state index contributed by atoms with van der Waals surface area (Å²) in [5.41, 5.74) is 4.92. The molecule has 0 aliphatic heterocycles. The Hall–Kier alpha value is -3.31. The van der Waals surface area contributed by atoms with E-state index in [4.69, 9.17) is 4.52 Å². The molecule has 1 N–H and O–H groups in total. The van der Waals surface area contributed by atoms with Gasteiger partial charge in [-0.15, -0.1) is 11.8 Å². The molecule has 0 bridgehead atoms. The lowest BCUT2D eigenvalue weighted by Gasteiger charge is -2.16. The van der Waals surface area contributed by atoms with E-state index < -0.39 is 0 Å². The molecule has 1 aromatic heterocycles. The van der Waals surface area contributed by atoms with Crippen LogP contribution in [0, 0.1) is 6.92 Å². The molecule has 4 aromatic rings. The van der Waals surface area contributed by atoms with E-state index in [0.717, 1.165) is 27.5 Å². The maximum absolute atomic E-state index is 13.0. The molecule has 0 saturated heterocycles. The van der Waals surface area contributed by atoms with Crippen LogP contribution in [0.1, 0.15) is 40.3 Å². The maximum Gasteiger partial charge on any atom is 0.252 e. The van der Waals surface area contributed by atoms with E-state index in [2.05, 4.69) is 46.9 Å². The Balaban J connectivity index is 1.43. The molecule has 1 atom stereocenters. The zero-order valence-electron chi connectivity index (χ0n) is 17.5. The average Bonchev–Trinajstić information content (AvgIpc) is 3.23. The van der Waals surface area contributed by atoms with Gasteiger partial charge in [0.05, 0.1) is 23.1 Å². The fourth-order valence-corrected chi connectivity index (χ4v) is 4.29. The summed E-state index contributed by atoms with van der Waals surface area (Å²) in [5, 5.41) is 7.04. The Morgan fingerprint density at radius 2 is 1.65 bits per heavy atom. The molecule has 0 radical (unpaired) electrons. The Labute approximate surface area is 186 Å². The quantitative estimate of drug-likeness (QED) is 0.345. The largest absolute Gasteiger partial charge is 0.360 e. The predicted octanol–water partition coefficient (Wildman–Crippen LogP) is 6.43. The number of nitrogens with zero attached hydrogens (tertiary/aromatic N) is 1. The number of carbonyl (C=O) groups excluding carboxylic acids is 1. The highest BCUT2D eigenvalue weighted by atomic mass is 32.2. The highest BCUT2D eigenvalue weighted by Crippen LogP contribution is 2.27. The van der Waals surface area contributed by atoms with E-state index in [1.165, 1.54) is 5.56 Å². The number of nitrogens with one attached hydrogen (secondary N) is 1. The lowest BCUT2D eigenvalue weighted by atomic mass is 10.0. The summed E-state index contributed by atoms with van der Waals surface area (Å²) in [6.07, 6.45) is 0. The summed E-state index contributed by atoms with van der Waals surface area (Å²) in [5.74, 6) is 1.34. The Morgan fingerprint density at radius 1 is 0.968 bits per heavy atom. The van der Waals surface area contributed by atoms with Gasteiger partial charge in [0.15, 0.2) is 0 Å². The van der Waals surface area contributed by atoms with Gasteiger partial charge in [-0.2, -0.15) is 0 Å². The van der Waals surface area contributed by atoms with E-state index in [1.807, 2.05) is 62.4 Å². The lowest BCUT2D eigenvalue weighted by Crippen LogP contribution is -2.27. The average molecular weight is 429 g/mol. The van der Waals surface area contributed by atoms with Crippen LogP contribution in [-0.4, -0.2) is 11.1 Å². The minimum absolute atomic E-state index is 0.0866. The number of aryl methyl sites for hydroxylation is 1. The first-order chi connectivity index (χ1) is 15.1. The van der Waals surface area contributed by atoms with Crippen LogP contribution < -0.4 is 5.32 Å². The lowest BCUT2D eigenvalue weighted by molar-refractivity contribution is 0.0937. The zero-order valence-corrected chi connectivity index (χ0v) is 18.4. The fraction of sp³-hybridized carbons (Fsp3) is 0.154. The topological polar surface area (TPSA) is 55.1 Å². The molecular weight excluding hydrogens is 404 g/mol. The normalized spacial score (nSPS) is 11.8. The SMILES string of the molecule is Cc1cc(CSc2ccccc2C(=O)NC(C)c2ccc(-c3ccccc3)cc2)on1. The first-order valence-electron chi connectivity index (χ1n) is 10.2. The van der Waals surface area contributed by atoms with Gasteiger partial charge in [0.25, 0.3) is 5.91 Å². The van der Waals surface area contributed by atoms with E-state index in [0.29, 0.717) is 11.3 Å². The molecular formula is C26H24N2O2S. The summed E-state index contributed by atoms with van der Waals surface area (Å²) < 4.78 is 5.28. The minimum atomic E-state index is -0.104. The second-order valence-corrected chi connectivity index (χ2v) is 8.42. The van der Waals surface area contributed by atoms with E-state index in [9.17, 15) is 4.79 Å². The number of thioether (sulfide) groups is 1. The molecule has 4 nitrogen and oxygen atoms in total. The molecule has 1 heterocycles. The smallest absolute Gasteiger partial charge is 0.252 e. The predicted molar refractivity (Wildman–Crippen MR) is 125 cm³/mol. The van der Waals surface area contributed by atoms with Gasteiger partial charge in [-0.05, 0) is 42.7 Å². The van der Waals surface area contributed by atoms with Crippen molar-refractivity contribution in [2.75, 3.05) is 0 Å². The Morgan fingerprint density at radius 3 is 2.35 bits per heavy atom. The standard InChI is InChI=1S/C26H24N2O2S/c1-18-16-23(30-28-18)17-31-25-11-7-6-10-24(25)26(29)27-19(2)20-12-14-22(15-13-20)21-8-4-3-5-9-21/h3-16,19H,17H2,1-2H3,(H,27,29). The number of benzene rings is 3. The van der Waals surface area contributed by atoms with Crippen molar-refractivity contribution >= 4 is 17.7 Å². The maximum atomic E-state index is 13.0. The van der Waals surface area contributed by atoms with Gasteiger partial charge < -0.3 is 9.84 Å². The Kier molecular flexibility index (Phi) is 6.53. The molecule has 0 fully saturated rings. The van der Waals surface area contributed by atoms with Gasteiger partial charge in [0.1, 0.15) is 5.76 Å². The number of hydrogen-bond donors (Lipinski definition) is 1. The van der Waals surface area contributed by atoms with Crippen LogP contribution in [0.15, 0.2) is 94.3 Å². The van der Waals surface area contributed by atoms with Gasteiger partial charge in [0.2, 0.25) is 0 Å². The number of rotatable bonds is 7. The van der Waals surface area contributed by atoms with Crippen LogP contribution in [0.25, 0.3) is 11.1 Å². The van der Waals surface area contributed by atoms with Gasteiger partial charge >= 0.3 is 0 Å². The van der Waals surface area contributed by atoms with Crippen molar-refractivity contribution in [1.82, 2.24) is 10.5 Å². The molecule has 4 rings (SSSR count). The molecule has 0 spiro atoms. The first kappa shape index (κ1) is 20.9. The molecule has 1 amide bonds. The molecule has 31 heavy (non-hydrogen) atoms. The van der Waals surface area contributed by atoms with Crippen LogP contribution in [0.2, 0.25) is 0 Å². The summed E-state index contributed by atoms with van der Waals surface area (Å²) in [6, 6.07) is 28.0. The monoisotopic (exact) mass is 428 g/mol. The highest BCUT2D eigenvalue weighted by Gasteiger charge is 2.16. The van der Waals surface area contributed by atoms with Gasteiger partial charge in [0, 0.05) is 11.0 Å². The van der Waals surface area contributed by atoms with Crippen molar-refractivity contribution in [3.8, 4) is 11.1 Å². The zero-order chi connectivity index (χ0) is 21.6. The van der Waals surface area contributed by atoms with Crippen LogP contribution in [0.4, 0.5) is 0 Å². The second-order valence-electron chi connectivity index (χ2n) is 7.40. The van der Waals surface area contributed by atoms with Gasteiger partial charge in [-0.3, -0.25) is 4.79 Å². The van der Waals surface area contributed by atoms with Crippen LogP contribution in [0.5, 0.6) is 0 Å². The van der Waals surface area contributed by atoms with Crippen molar-refractivity contribution < 1.29 is 9.32 Å². The molecule has 1 unspecified atom stereocenters. The molecule has 0 saturated carbocycles. The molecule has 0 aliphatic carbocycles. The van der Waals surface area contributed by atoms with Crippen LogP contribution >= 0.6 is 11.8 Å². The van der Waals surface area contributed by atoms with Gasteiger partial charge in [-0.1, -0.05) is 71.9 Å².